The summed E-state index contributed by atoms with van der Waals surface area (Å²) in [6.07, 6.45) is 4.37. The third kappa shape index (κ3) is 7.56. The molecule has 3 heterocycles. The monoisotopic (exact) mass is 643 g/mol. The van der Waals surface area contributed by atoms with Crippen molar-refractivity contribution in [2.24, 2.45) is 0 Å². The fourth-order valence-corrected chi connectivity index (χ4v) is 6.55. The van der Waals surface area contributed by atoms with Crippen LogP contribution in [0.1, 0.15) is 22.3 Å². The van der Waals surface area contributed by atoms with Gasteiger partial charge in [-0.3, -0.25) is 14.6 Å². The molecule has 1 amide bonds. The minimum atomic E-state index is -0.986. The van der Waals surface area contributed by atoms with Crippen molar-refractivity contribution in [3.63, 3.8) is 0 Å². The highest BCUT2D eigenvalue weighted by Crippen LogP contribution is 2.36. The van der Waals surface area contributed by atoms with Crippen LogP contribution in [0.5, 0.6) is 11.5 Å². The SMILES string of the molecule is O=C(O)c1ccc(OCCCN2C(=O)C(=Cc3cc(-c4ccc5cc[nH]c5c4)ccc3OCCN3CCOCC3)SC2=S)cc1. The van der Waals surface area contributed by atoms with E-state index in [0.29, 0.717) is 46.9 Å². The molecule has 0 atom stereocenters. The fourth-order valence-electron chi connectivity index (χ4n) is 5.25. The number of carboxylic acids is 1. The molecule has 2 N–H and O–H groups in total. The number of thiocarbonyl (C=S) groups is 1. The minimum absolute atomic E-state index is 0.145. The van der Waals surface area contributed by atoms with Gasteiger partial charge in [0.25, 0.3) is 5.91 Å². The first-order valence-corrected chi connectivity index (χ1v) is 16.0. The number of ether oxygens (including phenoxy) is 3. The first kappa shape index (κ1) is 30.8. The van der Waals surface area contributed by atoms with Crippen molar-refractivity contribution < 1.29 is 28.9 Å². The lowest BCUT2D eigenvalue weighted by molar-refractivity contribution is -0.122. The zero-order chi connectivity index (χ0) is 31.2. The number of hydrogen-bond donors (Lipinski definition) is 2. The molecule has 11 heteroatoms. The summed E-state index contributed by atoms with van der Waals surface area (Å²) in [7, 11) is 0. The van der Waals surface area contributed by atoms with Crippen molar-refractivity contribution in [3.8, 4) is 22.6 Å². The van der Waals surface area contributed by atoms with E-state index in [1.807, 2.05) is 30.5 Å². The maximum atomic E-state index is 13.5. The number of thioether (sulfide) groups is 1. The molecule has 1 aromatic heterocycles. The summed E-state index contributed by atoms with van der Waals surface area (Å²) < 4.78 is 18.0. The molecule has 0 saturated carbocycles. The number of rotatable bonds is 12. The quantitative estimate of drug-likeness (QED) is 0.111. The average molecular weight is 644 g/mol. The van der Waals surface area contributed by atoms with Crippen LogP contribution in [0.15, 0.2) is 77.8 Å². The lowest BCUT2D eigenvalue weighted by Crippen LogP contribution is -2.38. The number of hydrogen-bond acceptors (Lipinski definition) is 8. The van der Waals surface area contributed by atoms with E-state index in [2.05, 4.69) is 34.1 Å². The lowest BCUT2D eigenvalue weighted by Gasteiger charge is -2.26. The van der Waals surface area contributed by atoms with Crippen molar-refractivity contribution in [2.45, 2.75) is 6.42 Å². The van der Waals surface area contributed by atoms with E-state index in [9.17, 15) is 9.59 Å². The number of carbonyl (C=O) groups is 2. The Kier molecular flexibility index (Phi) is 9.80. The Morgan fingerprint density at radius 2 is 1.76 bits per heavy atom. The molecular weight excluding hydrogens is 611 g/mol. The Bertz CT molecular complexity index is 1730. The first-order valence-electron chi connectivity index (χ1n) is 14.8. The summed E-state index contributed by atoms with van der Waals surface area (Å²) in [5, 5.41) is 10.2. The summed E-state index contributed by atoms with van der Waals surface area (Å²) in [6.45, 7) is 5.33. The highest BCUT2D eigenvalue weighted by Gasteiger charge is 2.32. The van der Waals surface area contributed by atoms with Gasteiger partial charge in [0, 0.05) is 43.5 Å². The predicted molar refractivity (Wildman–Crippen MR) is 180 cm³/mol. The van der Waals surface area contributed by atoms with Crippen LogP contribution in [0.3, 0.4) is 0 Å². The summed E-state index contributed by atoms with van der Waals surface area (Å²) in [4.78, 5) is 32.3. The maximum Gasteiger partial charge on any atom is 0.335 e. The van der Waals surface area contributed by atoms with E-state index in [1.165, 1.54) is 23.9 Å². The van der Waals surface area contributed by atoms with Crippen LogP contribution < -0.4 is 9.47 Å². The van der Waals surface area contributed by atoms with E-state index in [1.54, 1.807) is 17.0 Å². The molecule has 0 spiro atoms. The van der Waals surface area contributed by atoms with Gasteiger partial charge in [0.2, 0.25) is 0 Å². The van der Waals surface area contributed by atoms with E-state index >= 15 is 0 Å². The Morgan fingerprint density at radius 1 is 0.978 bits per heavy atom. The molecule has 2 fully saturated rings. The average Bonchev–Trinajstić information content (AvgIpc) is 3.63. The Balaban J connectivity index is 1.15. The topological polar surface area (TPSA) is 104 Å². The second-order valence-corrected chi connectivity index (χ2v) is 12.4. The Labute approximate surface area is 270 Å². The van der Waals surface area contributed by atoms with Gasteiger partial charge >= 0.3 is 5.97 Å². The van der Waals surface area contributed by atoms with Crippen molar-refractivity contribution in [3.05, 3.63) is 89.0 Å². The van der Waals surface area contributed by atoms with Crippen molar-refractivity contribution in [1.29, 1.82) is 0 Å². The van der Waals surface area contributed by atoms with Crippen LogP contribution in [0, 0.1) is 0 Å². The minimum Gasteiger partial charge on any atom is -0.494 e. The maximum absolute atomic E-state index is 13.5. The smallest absolute Gasteiger partial charge is 0.335 e. The normalized spacial score (nSPS) is 16.5. The molecule has 0 bridgehead atoms. The van der Waals surface area contributed by atoms with E-state index in [4.69, 9.17) is 31.5 Å². The van der Waals surface area contributed by atoms with Gasteiger partial charge in [-0.1, -0.05) is 42.2 Å². The highest BCUT2D eigenvalue weighted by atomic mass is 32.2. The van der Waals surface area contributed by atoms with Crippen LogP contribution in [-0.4, -0.2) is 88.7 Å². The molecule has 2 saturated heterocycles. The van der Waals surface area contributed by atoms with Gasteiger partial charge in [0.1, 0.15) is 22.4 Å². The Hall–Kier alpha value is -4.16. The van der Waals surface area contributed by atoms with Gasteiger partial charge in [-0.05, 0) is 77.5 Å². The summed E-state index contributed by atoms with van der Waals surface area (Å²) in [6, 6.07) is 20.7. The number of carbonyl (C=O) groups excluding carboxylic acids is 1. The highest BCUT2D eigenvalue weighted by molar-refractivity contribution is 8.26. The van der Waals surface area contributed by atoms with Gasteiger partial charge < -0.3 is 24.3 Å². The summed E-state index contributed by atoms with van der Waals surface area (Å²) in [5.41, 5.74) is 4.15. The van der Waals surface area contributed by atoms with Gasteiger partial charge in [-0.2, -0.15) is 0 Å². The van der Waals surface area contributed by atoms with Gasteiger partial charge in [-0.15, -0.1) is 0 Å². The molecule has 9 nitrogen and oxygen atoms in total. The van der Waals surface area contributed by atoms with E-state index in [-0.39, 0.29) is 11.5 Å². The van der Waals surface area contributed by atoms with Crippen LogP contribution in [0.25, 0.3) is 28.1 Å². The van der Waals surface area contributed by atoms with Crippen LogP contribution in [0.2, 0.25) is 0 Å². The number of aromatic carboxylic acids is 1. The molecule has 6 rings (SSSR count). The first-order chi connectivity index (χ1) is 21.9. The molecular formula is C34H33N3O6S2. The molecule has 232 valence electrons. The molecule has 2 aliphatic heterocycles. The largest absolute Gasteiger partial charge is 0.494 e. The molecule has 0 unspecified atom stereocenters. The number of fused-ring (bicyclic) bond motifs is 1. The van der Waals surface area contributed by atoms with Crippen LogP contribution >= 0.6 is 24.0 Å². The van der Waals surface area contributed by atoms with E-state index in [0.717, 1.165) is 60.4 Å². The van der Waals surface area contributed by atoms with Gasteiger partial charge in [-0.25, -0.2) is 4.79 Å². The summed E-state index contributed by atoms with van der Waals surface area (Å²) >= 11 is 6.87. The number of carboxylic acid groups (broad SMARTS) is 1. The molecule has 0 aliphatic carbocycles. The van der Waals surface area contributed by atoms with Crippen molar-refractivity contribution in [2.75, 3.05) is 52.6 Å². The van der Waals surface area contributed by atoms with Gasteiger partial charge in [0.05, 0.1) is 30.3 Å². The molecule has 2 aliphatic rings. The molecule has 45 heavy (non-hydrogen) atoms. The number of morpholine rings is 1. The van der Waals surface area contributed by atoms with Crippen molar-refractivity contribution >= 4 is 57.2 Å². The number of aromatic amines is 1. The number of benzene rings is 3. The lowest BCUT2D eigenvalue weighted by atomic mass is 10.0. The van der Waals surface area contributed by atoms with Crippen LogP contribution in [0.4, 0.5) is 0 Å². The fraction of sp³-hybridized carbons (Fsp3) is 0.265. The number of H-pyrrole nitrogens is 1. The zero-order valence-electron chi connectivity index (χ0n) is 24.6. The number of amides is 1. The number of aromatic nitrogens is 1. The standard InChI is InChI=1S/C34H33N3O6S2/c38-32-31(45-34(44)37(32)12-1-16-42-28-7-4-24(5-8-28)33(39)40)22-27-20-25(26-3-2-23-10-11-35-29(23)21-26)6-9-30(27)43-19-15-36-13-17-41-18-14-36/h2-11,20-22,35H,1,12-19H2,(H,39,40). The molecule has 0 radical (unpaired) electrons. The predicted octanol–water partition coefficient (Wildman–Crippen LogP) is 5.91. The Morgan fingerprint density at radius 3 is 2.56 bits per heavy atom. The number of nitrogens with zero attached hydrogens (tertiary/aromatic N) is 2. The van der Waals surface area contributed by atoms with Crippen molar-refractivity contribution in [1.82, 2.24) is 14.8 Å². The zero-order valence-corrected chi connectivity index (χ0v) is 26.2. The van der Waals surface area contributed by atoms with Crippen LogP contribution in [-0.2, 0) is 9.53 Å². The third-order valence-electron chi connectivity index (χ3n) is 7.72. The number of nitrogens with one attached hydrogen (secondary N) is 1. The molecule has 4 aromatic rings. The second-order valence-electron chi connectivity index (χ2n) is 10.7. The third-order valence-corrected chi connectivity index (χ3v) is 9.10. The summed E-state index contributed by atoms with van der Waals surface area (Å²) in [5.74, 6) is 0.149. The van der Waals surface area contributed by atoms with Gasteiger partial charge in [0.15, 0.2) is 0 Å². The second kappa shape index (κ2) is 14.3. The molecule has 3 aromatic carbocycles. The van der Waals surface area contributed by atoms with E-state index < -0.39 is 5.97 Å².